The summed E-state index contributed by atoms with van der Waals surface area (Å²) in [6, 6.07) is 18.4. The second-order valence-corrected chi connectivity index (χ2v) is 10.9. The molecule has 0 amide bonds. The minimum Gasteiger partial charge on any atom is -0.0648 e. The number of hydrogen-bond donors (Lipinski definition) is 0. The average Bonchev–Trinajstić information content (AvgIpc) is 2.80. The van der Waals surface area contributed by atoms with Gasteiger partial charge >= 0.3 is 0 Å². The quantitative estimate of drug-likeness (QED) is 0.466. The molecule has 0 radical (unpaired) electrons. The van der Waals surface area contributed by atoms with Crippen LogP contribution >= 0.6 is 0 Å². The van der Waals surface area contributed by atoms with Gasteiger partial charge in [-0.25, -0.2) is 0 Å². The highest BCUT2D eigenvalue weighted by molar-refractivity contribution is 5.28. The SMILES string of the molecule is CCC1(C)C(Cc2cccc(C)c2)C(C)(C)C(Cc2cccc(C)c2)C1(C)CC. The molecule has 0 N–H and O–H groups in total. The van der Waals surface area contributed by atoms with Crippen LogP contribution in [0.25, 0.3) is 0 Å². The first-order valence-corrected chi connectivity index (χ1v) is 11.7. The zero-order valence-electron chi connectivity index (χ0n) is 20.1. The van der Waals surface area contributed by atoms with E-state index in [4.69, 9.17) is 0 Å². The molecule has 0 aromatic heterocycles. The van der Waals surface area contributed by atoms with E-state index in [1.807, 2.05) is 0 Å². The van der Waals surface area contributed by atoms with Crippen LogP contribution in [0.15, 0.2) is 48.5 Å². The maximum absolute atomic E-state index is 2.61. The van der Waals surface area contributed by atoms with E-state index in [0.717, 1.165) is 0 Å². The molecule has 1 saturated carbocycles. The molecule has 4 atom stereocenters. The van der Waals surface area contributed by atoms with Crippen molar-refractivity contribution in [3.8, 4) is 0 Å². The third-order valence-electron chi connectivity index (χ3n) is 9.15. The van der Waals surface area contributed by atoms with E-state index in [1.165, 1.54) is 47.9 Å². The highest BCUT2D eigenvalue weighted by Gasteiger charge is 2.65. The van der Waals surface area contributed by atoms with Gasteiger partial charge in [-0.1, -0.05) is 101 Å². The van der Waals surface area contributed by atoms with Gasteiger partial charge in [-0.2, -0.15) is 0 Å². The standard InChI is InChI=1S/C29H42/c1-9-28(7)25(19-23-15-11-13-21(3)17-23)27(5,6)26(29(28,8)10-2)20-24-16-12-14-22(4)18-24/h11-18,25-26H,9-10,19-20H2,1-8H3. The first-order valence-electron chi connectivity index (χ1n) is 11.7. The minimum absolute atomic E-state index is 0.295. The highest BCUT2D eigenvalue weighted by atomic mass is 14.7. The van der Waals surface area contributed by atoms with Gasteiger partial charge in [-0.15, -0.1) is 0 Å². The van der Waals surface area contributed by atoms with Crippen LogP contribution in [0.4, 0.5) is 0 Å². The molecule has 0 heterocycles. The Kier molecular flexibility index (Phi) is 6.06. The summed E-state index contributed by atoms with van der Waals surface area (Å²) in [7, 11) is 0. The van der Waals surface area contributed by atoms with E-state index in [2.05, 4.69) is 104 Å². The zero-order valence-corrected chi connectivity index (χ0v) is 20.1. The molecule has 0 heteroatoms. The maximum atomic E-state index is 2.61. The van der Waals surface area contributed by atoms with Crippen LogP contribution in [0.1, 0.15) is 76.6 Å². The Morgan fingerprint density at radius 1 is 0.655 bits per heavy atom. The van der Waals surface area contributed by atoms with Gasteiger partial charge in [0.1, 0.15) is 0 Å². The Morgan fingerprint density at radius 3 is 1.34 bits per heavy atom. The van der Waals surface area contributed by atoms with Crippen molar-refractivity contribution in [3.05, 3.63) is 70.8 Å². The Balaban J connectivity index is 2.06. The van der Waals surface area contributed by atoms with Gasteiger partial charge in [0.25, 0.3) is 0 Å². The lowest BCUT2D eigenvalue weighted by Gasteiger charge is -2.46. The van der Waals surface area contributed by atoms with Crippen LogP contribution in [0, 0.1) is 41.9 Å². The predicted octanol–water partition coefficient (Wildman–Crippen LogP) is 8.19. The molecule has 158 valence electrons. The van der Waals surface area contributed by atoms with E-state index in [0.29, 0.717) is 28.1 Å². The summed E-state index contributed by atoms with van der Waals surface area (Å²) in [6.45, 7) is 19.7. The van der Waals surface area contributed by atoms with Crippen molar-refractivity contribution in [3.63, 3.8) is 0 Å². The van der Waals surface area contributed by atoms with Gasteiger partial charge in [0.05, 0.1) is 0 Å². The van der Waals surface area contributed by atoms with E-state index in [9.17, 15) is 0 Å². The first-order chi connectivity index (χ1) is 13.6. The van der Waals surface area contributed by atoms with Gasteiger partial charge in [0, 0.05) is 0 Å². The van der Waals surface area contributed by atoms with Crippen LogP contribution in [0.2, 0.25) is 0 Å². The molecule has 0 aliphatic heterocycles. The summed E-state index contributed by atoms with van der Waals surface area (Å²) in [6.07, 6.45) is 4.89. The van der Waals surface area contributed by atoms with Crippen molar-refractivity contribution >= 4 is 0 Å². The van der Waals surface area contributed by atoms with Gasteiger partial charge < -0.3 is 0 Å². The molecular weight excluding hydrogens is 348 g/mol. The Labute approximate surface area is 180 Å². The third kappa shape index (κ3) is 3.69. The molecule has 1 aliphatic rings. The largest absolute Gasteiger partial charge is 0.0648 e. The summed E-state index contributed by atoms with van der Waals surface area (Å²) in [5.41, 5.74) is 6.75. The van der Waals surface area contributed by atoms with Gasteiger partial charge in [-0.3, -0.25) is 0 Å². The number of aryl methyl sites for hydroxylation is 2. The van der Waals surface area contributed by atoms with Crippen molar-refractivity contribution in [1.29, 1.82) is 0 Å². The topological polar surface area (TPSA) is 0 Å². The Hall–Kier alpha value is -1.56. The summed E-state index contributed by atoms with van der Waals surface area (Å²) in [4.78, 5) is 0. The highest BCUT2D eigenvalue weighted by Crippen LogP contribution is 2.70. The molecule has 0 nitrogen and oxygen atoms in total. The molecule has 0 spiro atoms. The first kappa shape index (κ1) is 22.1. The summed E-state index contributed by atoms with van der Waals surface area (Å²) in [5.74, 6) is 1.36. The van der Waals surface area contributed by atoms with Crippen molar-refractivity contribution < 1.29 is 0 Å². The number of hydrogen-bond acceptors (Lipinski definition) is 0. The fourth-order valence-corrected chi connectivity index (χ4v) is 7.11. The lowest BCUT2D eigenvalue weighted by molar-refractivity contribution is 0.0303. The Morgan fingerprint density at radius 2 is 1.03 bits per heavy atom. The fourth-order valence-electron chi connectivity index (χ4n) is 7.11. The maximum Gasteiger partial charge on any atom is -0.0235 e. The smallest absolute Gasteiger partial charge is 0.0235 e. The number of rotatable bonds is 6. The zero-order chi connectivity index (χ0) is 21.4. The summed E-state index contributed by atoms with van der Waals surface area (Å²) >= 11 is 0. The molecule has 0 saturated heterocycles. The van der Waals surface area contributed by atoms with E-state index >= 15 is 0 Å². The molecule has 1 aliphatic carbocycles. The van der Waals surface area contributed by atoms with Crippen LogP contribution in [-0.4, -0.2) is 0 Å². The van der Waals surface area contributed by atoms with Crippen molar-refractivity contribution in [2.75, 3.05) is 0 Å². The molecule has 3 rings (SSSR count). The normalized spacial score (nSPS) is 31.2. The van der Waals surface area contributed by atoms with Crippen molar-refractivity contribution in [1.82, 2.24) is 0 Å². The lowest BCUT2D eigenvalue weighted by Crippen LogP contribution is -2.40. The van der Waals surface area contributed by atoms with Crippen LogP contribution in [0.5, 0.6) is 0 Å². The summed E-state index contributed by atoms with van der Waals surface area (Å²) in [5, 5.41) is 0. The van der Waals surface area contributed by atoms with Crippen LogP contribution < -0.4 is 0 Å². The van der Waals surface area contributed by atoms with E-state index < -0.39 is 0 Å². The van der Waals surface area contributed by atoms with Gasteiger partial charge in [0.2, 0.25) is 0 Å². The monoisotopic (exact) mass is 390 g/mol. The van der Waals surface area contributed by atoms with Gasteiger partial charge in [-0.05, 0) is 78.7 Å². The minimum atomic E-state index is 0.295. The van der Waals surface area contributed by atoms with Crippen LogP contribution in [-0.2, 0) is 12.8 Å². The molecule has 0 bridgehead atoms. The second kappa shape index (κ2) is 7.93. The van der Waals surface area contributed by atoms with Crippen molar-refractivity contribution in [2.24, 2.45) is 28.1 Å². The molecule has 29 heavy (non-hydrogen) atoms. The molecular formula is C29H42. The van der Waals surface area contributed by atoms with E-state index in [1.54, 1.807) is 0 Å². The predicted molar refractivity (Wildman–Crippen MR) is 127 cm³/mol. The average molecular weight is 391 g/mol. The fraction of sp³-hybridized carbons (Fsp3) is 0.586. The molecule has 4 unspecified atom stereocenters. The van der Waals surface area contributed by atoms with E-state index in [-0.39, 0.29) is 0 Å². The van der Waals surface area contributed by atoms with Crippen molar-refractivity contribution in [2.45, 2.75) is 81.1 Å². The molecule has 2 aromatic rings. The second-order valence-electron chi connectivity index (χ2n) is 10.9. The van der Waals surface area contributed by atoms with Gasteiger partial charge in [0.15, 0.2) is 0 Å². The number of benzene rings is 2. The Bertz CT molecular complexity index is 775. The molecule has 2 aromatic carbocycles. The van der Waals surface area contributed by atoms with Crippen LogP contribution in [0.3, 0.4) is 0 Å². The third-order valence-corrected chi connectivity index (χ3v) is 9.15. The summed E-state index contributed by atoms with van der Waals surface area (Å²) < 4.78 is 0. The lowest BCUT2D eigenvalue weighted by atomic mass is 9.58. The molecule has 1 fully saturated rings.